The van der Waals surface area contributed by atoms with E-state index >= 15 is 0 Å². The van der Waals surface area contributed by atoms with Gasteiger partial charge in [0.2, 0.25) is 0 Å². The molecule has 120 valence electrons. The highest BCUT2D eigenvalue weighted by Crippen LogP contribution is 2.35. The van der Waals surface area contributed by atoms with Crippen molar-refractivity contribution in [1.29, 1.82) is 0 Å². The maximum atomic E-state index is 12.5. The Morgan fingerprint density at radius 2 is 2.18 bits per heavy atom. The Labute approximate surface area is 126 Å². The van der Waals surface area contributed by atoms with Gasteiger partial charge in [-0.05, 0) is 31.0 Å². The van der Waals surface area contributed by atoms with Gasteiger partial charge in [0.05, 0.1) is 13.7 Å². The van der Waals surface area contributed by atoms with E-state index in [4.69, 9.17) is 9.47 Å². The Hall–Kier alpha value is -2.31. The first-order valence-electron chi connectivity index (χ1n) is 6.83. The van der Waals surface area contributed by atoms with E-state index in [1.54, 1.807) is 13.0 Å². The molecule has 1 aromatic carbocycles. The number of carbonyl (C=O) groups excluding carboxylic acids is 1. The van der Waals surface area contributed by atoms with Crippen LogP contribution in [0.15, 0.2) is 18.2 Å². The van der Waals surface area contributed by atoms with Gasteiger partial charge in [0.1, 0.15) is 0 Å². The molecule has 0 aromatic heterocycles. The van der Waals surface area contributed by atoms with E-state index in [-0.39, 0.29) is 18.1 Å². The maximum Gasteiger partial charge on any atom is 0.387 e. The molecule has 0 atom stereocenters. The summed E-state index contributed by atoms with van der Waals surface area (Å²) in [7, 11) is 1.39. The van der Waals surface area contributed by atoms with Crippen LogP contribution >= 0.6 is 0 Å². The molecule has 0 bridgehead atoms. The third kappa shape index (κ3) is 3.66. The largest absolute Gasteiger partial charge is 0.493 e. The molecule has 0 amide bonds. The summed E-state index contributed by atoms with van der Waals surface area (Å²) < 4.78 is 39.4. The zero-order chi connectivity index (χ0) is 16.1. The second kappa shape index (κ2) is 7.11. The van der Waals surface area contributed by atoms with Crippen molar-refractivity contribution < 1.29 is 27.8 Å². The van der Waals surface area contributed by atoms with Gasteiger partial charge in [-0.25, -0.2) is 4.79 Å². The van der Waals surface area contributed by atoms with Crippen molar-refractivity contribution >= 4 is 11.7 Å². The summed E-state index contributed by atoms with van der Waals surface area (Å²) in [6.45, 7) is -0.368. The summed E-state index contributed by atoms with van der Waals surface area (Å²) in [5, 5.41) is 3.06. The Balaban J connectivity index is 2.42. The van der Waals surface area contributed by atoms with E-state index in [1.807, 2.05) is 0 Å². The van der Waals surface area contributed by atoms with Gasteiger partial charge in [0, 0.05) is 23.9 Å². The predicted octanol–water partition coefficient (Wildman–Crippen LogP) is 2.35. The van der Waals surface area contributed by atoms with Crippen LogP contribution in [0.25, 0.3) is 5.70 Å². The molecule has 0 aliphatic carbocycles. The van der Waals surface area contributed by atoms with Gasteiger partial charge < -0.3 is 19.5 Å². The van der Waals surface area contributed by atoms with Crippen LogP contribution in [0.3, 0.4) is 0 Å². The number of ether oxygens (including phenoxy) is 3. The summed E-state index contributed by atoms with van der Waals surface area (Å²) in [5.41, 5.74) is 2.02. The summed E-state index contributed by atoms with van der Waals surface area (Å²) in [4.78, 5) is 11.6. The smallest absolute Gasteiger partial charge is 0.387 e. The van der Waals surface area contributed by atoms with Crippen LogP contribution in [0.2, 0.25) is 0 Å². The predicted molar refractivity (Wildman–Crippen MR) is 75.9 cm³/mol. The number of benzene rings is 1. The van der Waals surface area contributed by atoms with Crippen LogP contribution < -0.4 is 14.8 Å². The number of hydrogen-bond donors (Lipinski definition) is 1. The molecule has 1 aliphatic rings. The monoisotopic (exact) mass is 313 g/mol. The average molecular weight is 313 g/mol. The molecule has 7 heteroatoms. The molecular weight excluding hydrogens is 296 g/mol. The Bertz CT molecular complexity index is 587. The lowest BCUT2D eigenvalue weighted by Crippen LogP contribution is -2.24. The minimum atomic E-state index is -2.96. The molecule has 1 aromatic rings. The Morgan fingerprint density at radius 1 is 1.41 bits per heavy atom. The fourth-order valence-corrected chi connectivity index (χ4v) is 2.26. The summed E-state index contributed by atoms with van der Waals surface area (Å²) in [5.74, 6) is -0.337. The normalized spacial score (nSPS) is 15.2. The van der Waals surface area contributed by atoms with E-state index in [9.17, 15) is 13.6 Å². The number of methoxy groups -OCH3 is 1. The van der Waals surface area contributed by atoms with Crippen molar-refractivity contribution in [2.45, 2.75) is 20.0 Å². The maximum absolute atomic E-state index is 12.5. The van der Waals surface area contributed by atoms with E-state index in [2.05, 4.69) is 10.1 Å². The number of esters is 1. The average Bonchev–Trinajstić information content (AvgIpc) is 2.47. The zero-order valence-electron chi connectivity index (χ0n) is 12.3. The molecule has 0 saturated carbocycles. The highest BCUT2D eigenvalue weighted by molar-refractivity contribution is 5.92. The summed E-state index contributed by atoms with van der Waals surface area (Å²) in [6, 6.07) is 3.09. The van der Waals surface area contributed by atoms with Gasteiger partial charge in [-0.2, -0.15) is 8.78 Å². The lowest BCUT2D eigenvalue weighted by molar-refractivity contribution is -0.137. The minimum Gasteiger partial charge on any atom is -0.493 e. The summed E-state index contributed by atoms with van der Waals surface area (Å²) in [6.07, 6.45) is 1.99. The van der Waals surface area contributed by atoms with Gasteiger partial charge in [0.25, 0.3) is 0 Å². The fourth-order valence-electron chi connectivity index (χ4n) is 2.26. The molecule has 0 radical (unpaired) electrons. The standard InChI is InChI=1S/C15H17F2NO4/c1-3-21-14(19)8-11-10-7-13(22-15(16)17)12(20-2)6-9(10)4-5-18-11/h6-8,15,18H,3-5H2,1-2H3/b11-8-. The zero-order valence-corrected chi connectivity index (χ0v) is 12.3. The SMILES string of the molecule is CCOC(=O)/C=C1\NCCc2cc(OC)c(OC(F)F)cc21. The van der Waals surface area contributed by atoms with Crippen molar-refractivity contribution in [3.8, 4) is 11.5 Å². The van der Waals surface area contributed by atoms with Gasteiger partial charge in [0.15, 0.2) is 11.5 Å². The van der Waals surface area contributed by atoms with Gasteiger partial charge in [-0.1, -0.05) is 0 Å². The number of halogens is 2. The van der Waals surface area contributed by atoms with Crippen LogP contribution in [0.1, 0.15) is 18.1 Å². The fraction of sp³-hybridized carbons (Fsp3) is 0.400. The molecule has 0 spiro atoms. The van der Waals surface area contributed by atoms with Crippen LogP contribution in [-0.2, 0) is 16.0 Å². The third-order valence-corrected chi connectivity index (χ3v) is 3.15. The van der Waals surface area contributed by atoms with Crippen molar-refractivity contribution in [3.63, 3.8) is 0 Å². The molecule has 1 aliphatic heterocycles. The summed E-state index contributed by atoms with van der Waals surface area (Å²) >= 11 is 0. The van der Waals surface area contributed by atoms with Crippen molar-refractivity contribution in [2.24, 2.45) is 0 Å². The number of hydrogen-bond acceptors (Lipinski definition) is 5. The van der Waals surface area contributed by atoms with Crippen molar-refractivity contribution in [2.75, 3.05) is 20.3 Å². The third-order valence-electron chi connectivity index (χ3n) is 3.15. The molecule has 0 fully saturated rings. The molecule has 0 unspecified atom stereocenters. The van der Waals surface area contributed by atoms with Crippen LogP contribution in [0.5, 0.6) is 11.5 Å². The number of nitrogens with one attached hydrogen (secondary N) is 1. The van der Waals surface area contributed by atoms with Gasteiger partial charge >= 0.3 is 12.6 Å². The molecule has 22 heavy (non-hydrogen) atoms. The van der Waals surface area contributed by atoms with E-state index < -0.39 is 12.6 Å². The molecule has 5 nitrogen and oxygen atoms in total. The second-order valence-corrected chi connectivity index (χ2v) is 4.53. The number of alkyl halides is 2. The van der Waals surface area contributed by atoms with Gasteiger partial charge in [-0.3, -0.25) is 0 Å². The first-order chi connectivity index (χ1) is 10.5. The Morgan fingerprint density at radius 3 is 2.82 bits per heavy atom. The molecule has 0 saturated heterocycles. The Kier molecular flexibility index (Phi) is 5.19. The second-order valence-electron chi connectivity index (χ2n) is 4.53. The number of carbonyl (C=O) groups is 1. The quantitative estimate of drug-likeness (QED) is 0.668. The highest BCUT2D eigenvalue weighted by Gasteiger charge is 2.20. The highest BCUT2D eigenvalue weighted by atomic mass is 19.3. The topological polar surface area (TPSA) is 56.8 Å². The van der Waals surface area contributed by atoms with Crippen molar-refractivity contribution in [1.82, 2.24) is 5.32 Å². The van der Waals surface area contributed by atoms with Crippen LogP contribution in [0, 0.1) is 0 Å². The van der Waals surface area contributed by atoms with Crippen LogP contribution in [0.4, 0.5) is 8.78 Å². The number of rotatable bonds is 5. The molecule has 1 heterocycles. The first kappa shape index (κ1) is 16.1. The van der Waals surface area contributed by atoms with E-state index in [0.717, 1.165) is 5.56 Å². The van der Waals surface area contributed by atoms with E-state index in [0.29, 0.717) is 24.2 Å². The lowest BCUT2D eigenvalue weighted by Gasteiger charge is -2.23. The number of fused-ring (bicyclic) bond motifs is 1. The van der Waals surface area contributed by atoms with Gasteiger partial charge in [-0.15, -0.1) is 0 Å². The molecule has 1 N–H and O–H groups in total. The minimum absolute atomic E-state index is 0.0743. The molecule has 2 rings (SSSR count). The lowest BCUT2D eigenvalue weighted by atomic mass is 9.97. The molecular formula is C15H17F2NO4. The van der Waals surface area contributed by atoms with Crippen LogP contribution in [-0.4, -0.2) is 32.8 Å². The van der Waals surface area contributed by atoms with Crippen molar-refractivity contribution in [3.05, 3.63) is 29.3 Å². The first-order valence-corrected chi connectivity index (χ1v) is 6.83. The van der Waals surface area contributed by atoms with E-state index in [1.165, 1.54) is 19.3 Å².